The number of carbonyl (C=O) groups is 1. The van der Waals surface area contributed by atoms with E-state index in [2.05, 4.69) is 41.5 Å². The van der Waals surface area contributed by atoms with Gasteiger partial charge in [-0.25, -0.2) is 4.98 Å². The molecule has 0 unspecified atom stereocenters. The highest BCUT2D eigenvalue weighted by molar-refractivity contribution is 7.15. The molecule has 1 N–H and O–H groups in total. The summed E-state index contributed by atoms with van der Waals surface area (Å²) in [5, 5.41) is 4.43. The highest BCUT2D eigenvalue weighted by Gasteiger charge is 2.07. The lowest BCUT2D eigenvalue weighted by molar-refractivity contribution is -0.111. The van der Waals surface area contributed by atoms with E-state index in [1.165, 1.54) is 28.5 Å². The molecular formula is C23H20N2O2S. The van der Waals surface area contributed by atoms with Crippen molar-refractivity contribution in [2.45, 2.75) is 20.3 Å². The van der Waals surface area contributed by atoms with Crippen LogP contribution in [0, 0.1) is 13.8 Å². The fourth-order valence-electron chi connectivity index (χ4n) is 3.02. The van der Waals surface area contributed by atoms with Crippen molar-refractivity contribution >= 4 is 39.4 Å². The number of rotatable bonds is 5. The molecule has 4 rings (SSSR count). The Morgan fingerprint density at radius 3 is 2.86 bits per heavy atom. The van der Waals surface area contributed by atoms with Gasteiger partial charge in [-0.1, -0.05) is 42.0 Å². The molecular weight excluding hydrogens is 368 g/mol. The van der Waals surface area contributed by atoms with Gasteiger partial charge >= 0.3 is 0 Å². The van der Waals surface area contributed by atoms with Crippen LogP contribution < -0.4 is 5.32 Å². The Morgan fingerprint density at radius 1 is 1.14 bits per heavy atom. The summed E-state index contributed by atoms with van der Waals surface area (Å²) in [4.78, 5) is 17.6. The number of thiazole rings is 1. The van der Waals surface area contributed by atoms with Crippen molar-refractivity contribution in [2.24, 2.45) is 0 Å². The van der Waals surface area contributed by atoms with Crippen molar-refractivity contribution in [3.05, 3.63) is 88.1 Å². The van der Waals surface area contributed by atoms with Gasteiger partial charge in [-0.05, 0) is 43.2 Å². The number of fused-ring (bicyclic) bond motifs is 1. The number of nitrogens with one attached hydrogen (secondary N) is 1. The number of amides is 1. The van der Waals surface area contributed by atoms with Crippen LogP contribution in [-0.4, -0.2) is 10.9 Å². The van der Waals surface area contributed by atoms with E-state index in [1.54, 1.807) is 6.08 Å². The molecule has 0 aliphatic rings. The molecule has 0 aliphatic heterocycles. The zero-order chi connectivity index (χ0) is 19.5. The van der Waals surface area contributed by atoms with Crippen LogP contribution >= 0.6 is 11.3 Å². The molecule has 0 radical (unpaired) electrons. The number of hydrogen-bond donors (Lipinski definition) is 1. The maximum absolute atomic E-state index is 12.2. The van der Waals surface area contributed by atoms with Crippen LogP contribution in [0.2, 0.25) is 0 Å². The average molecular weight is 388 g/mol. The Hall–Kier alpha value is -3.18. The molecule has 4 nitrogen and oxygen atoms in total. The summed E-state index contributed by atoms with van der Waals surface area (Å²) in [7, 11) is 0. The van der Waals surface area contributed by atoms with E-state index in [-0.39, 0.29) is 5.91 Å². The Labute approximate surface area is 167 Å². The summed E-state index contributed by atoms with van der Waals surface area (Å²) in [6, 6.07) is 16.3. The van der Waals surface area contributed by atoms with Gasteiger partial charge in [0.05, 0.1) is 0 Å². The van der Waals surface area contributed by atoms with Crippen LogP contribution in [0.25, 0.3) is 17.0 Å². The second-order valence-electron chi connectivity index (χ2n) is 6.81. The Balaban J connectivity index is 1.39. The molecule has 28 heavy (non-hydrogen) atoms. The molecule has 140 valence electrons. The maximum atomic E-state index is 12.2. The average Bonchev–Trinajstić information content (AvgIpc) is 3.26. The van der Waals surface area contributed by atoms with Gasteiger partial charge in [-0.15, -0.1) is 11.3 Å². The number of furan rings is 1. The van der Waals surface area contributed by atoms with Gasteiger partial charge in [-0.3, -0.25) is 10.1 Å². The number of carbonyl (C=O) groups excluding carboxylic acids is 1. The number of anilines is 1. The monoisotopic (exact) mass is 388 g/mol. The molecule has 2 aromatic heterocycles. The third-order valence-electron chi connectivity index (χ3n) is 4.34. The number of hydrogen-bond acceptors (Lipinski definition) is 4. The lowest BCUT2D eigenvalue weighted by atomic mass is 10.1. The molecule has 4 aromatic rings. The first-order chi connectivity index (χ1) is 13.5. The first-order valence-electron chi connectivity index (χ1n) is 9.05. The normalized spacial score (nSPS) is 11.4. The van der Waals surface area contributed by atoms with Gasteiger partial charge in [0.2, 0.25) is 5.91 Å². The van der Waals surface area contributed by atoms with E-state index < -0.39 is 0 Å². The third-order valence-corrected chi connectivity index (χ3v) is 5.25. The maximum Gasteiger partial charge on any atom is 0.250 e. The molecule has 0 saturated carbocycles. The van der Waals surface area contributed by atoms with Crippen molar-refractivity contribution in [3.8, 4) is 0 Å². The largest absolute Gasteiger partial charge is 0.457 e. The second kappa shape index (κ2) is 7.82. The molecule has 0 saturated heterocycles. The summed E-state index contributed by atoms with van der Waals surface area (Å²) in [6.07, 6.45) is 5.76. The van der Waals surface area contributed by atoms with Crippen LogP contribution in [-0.2, 0) is 11.2 Å². The van der Waals surface area contributed by atoms with Gasteiger partial charge in [-0.2, -0.15) is 0 Å². The lowest BCUT2D eigenvalue weighted by Gasteiger charge is -1.99. The summed E-state index contributed by atoms with van der Waals surface area (Å²) in [5.41, 5.74) is 4.43. The fraction of sp³-hybridized carbons (Fsp3) is 0.130. The van der Waals surface area contributed by atoms with Gasteiger partial charge in [0.1, 0.15) is 11.3 Å². The summed E-state index contributed by atoms with van der Waals surface area (Å²) < 4.78 is 5.75. The summed E-state index contributed by atoms with van der Waals surface area (Å²) in [5.74, 6) is 0.420. The van der Waals surface area contributed by atoms with Crippen molar-refractivity contribution in [1.82, 2.24) is 4.98 Å². The minimum absolute atomic E-state index is 0.229. The molecule has 2 aromatic carbocycles. The van der Waals surface area contributed by atoms with Gasteiger partial charge in [0, 0.05) is 29.0 Å². The molecule has 2 heterocycles. The molecule has 0 spiro atoms. The summed E-state index contributed by atoms with van der Waals surface area (Å²) in [6.45, 7) is 4.10. The van der Waals surface area contributed by atoms with E-state index >= 15 is 0 Å². The zero-order valence-corrected chi connectivity index (χ0v) is 16.5. The first kappa shape index (κ1) is 18.2. The highest BCUT2D eigenvalue weighted by Crippen LogP contribution is 2.23. The zero-order valence-electron chi connectivity index (χ0n) is 15.7. The Bertz CT molecular complexity index is 1170. The van der Waals surface area contributed by atoms with E-state index in [1.807, 2.05) is 37.4 Å². The minimum atomic E-state index is -0.229. The molecule has 0 bridgehead atoms. The van der Waals surface area contributed by atoms with Crippen molar-refractivity contribution in [2.75, 3.05) is 5.32 Å². The number of nitrogens with zero attached hydrogens (tertiary/aromatic N) is 1. The van der Waals surface area contributed by atoms with Gasteiger partial charge in [0.25, 0.3) is 0 Å². The number of aromatic nitrogens is 1. The number of benzene rings is 2. The van der Waals surface area contributed by atoms with Crippen LogP contribution in [0.15, 0.2) is 65.2 Å². The quantitative estimate of drug-likeness (QED) is 0.443. The van der Waals surface area contributed by atoms with Crippen molar-refractivity contribution in [1.29, 1.82) is 0 Å². The Kier molecular flexibility index (Phi) is 5.08. The predicted octanol–water partition coefficient (Wildman–Crippen LogP) is 5.75. The van der Waals surface area contributed by atoms with Crippen molar-refractivity contribution in [3.63, 3.8) is 0 Å². The fourth-order valence-corrected chi connectivity index (χ4v) is 3.87. The van der Waals surface area contributed by atoms with E-state index in [4.69, 9.17) is 4.42 Å². The topological polar surface area (TPSA) is 55.1 Å². The van der Waals surface area contributed by atoms with E-state index in [0.717, 1.165) is 27.8 Å². The van der Waals surface area contributed by atoms with Crippen molar-refractivity contribution < 1.29 is 9.21 Å². The SMILES string of the molecule is Cc1cccc(Cc2cnc(NC(=O)/C=C/c3cc4ccc(C)cc4o3)s2)c1. The first-order valence-corrected chi connectivity index (χ1v) is 9.86. The standard InChI is InChI=1S/C23H20N2O2S/c1-15-4-3-5-17(10-15)12-20-14-24-23(28-20)25-22(26)9-8-19-13-18-7-6-16(2)11-21(18)27-19/h3-11,13-14H,12H2,1-2H3,(H,24,25,26)/b9-8+. The number of aryl methyl sites for hydroxylation is 2. The van der Waals surface area contributed by atoms with E-state index in [0.29, 0.717) is 10.9 Å². The molecule has 0 aliphatic carbocycles. The van der Waals surface area contributed by atoms with Gasteiger partial charge < -0.3 is 4.42 Å². The van der Waals surface area contributed by atoms with E-state index in [9.17, 15) is 4.79 Å². The van der Waals surface area contributed by atoms with Crippen LogP contribution in [0.3, 0.4) is 0 Å². The third kappa shape index (κ3) is 4.38. The smallest absolute Gasteiger partial charge is 0.250 e. The second-order valence-corrected chi connectivity index (χ2v) is 7.93. The Morgan fingerprint density at radius 2 is 2.00 bits per heavy atom. The molecule has 0 fully saturated rings. The van der Waals surface area contributed by atoms with Gasteiger partial charge in [0.15, 0.2) is 5.13 Å². The van der Waals surface area contributed by atoms with Crippen LogP contribution in [0.5, 0.6) is 0 Å². The summed E-state index contributed by atoms with van der Waals surface area (Å²) >= 11 is 1.49. The molecule has 0 atom stereocenters. The van der Waals surface area contributed by atoms with Crippen LogP contribution in [0.1, 0.15) is 27.3 Å². The minimum Gasteiger partial charge on any atom is -0.457 e. The predicted molar refractivity (Wildman–Crippen MR) is 115 cm³/mol. The van der Waals surface area contributed by atoms with Crippen LogP contribution in [0.4, 0.5) is 5.13 Å². The molecule has 1 amide bonds. The lowest BCUT2D eigenvalue weighted by Crippen LogP contribution is -2.06. The molecule has 5 heteroatoms. The highest BCUT2D eigenvalue weighted by atomic mass is 32.1.